The molecule has 0 unspecified atom stereocenters. The highest BCUT2D eigenvalue weighted by molar-refractivity contribution is 6.76. The van der Waals surface area contributed by atoms with Crippen LogP contribution in [0.4, 0.5) is 5.82 Å². The minimum atomic E-state index is -1.17. The maximum Gasteiger partial charge on any atom is 0.241 e. The van der Waals surface area contributed by atoms with Crippen LogP contribution in [0.15, 0.2) is 36.5 Å². The van der Waals surface area contributed by atoms with Gasteiger partial charge in [-0.15, -0.1) is 0 Å². The molecular weight excluding hydrogens is 474 g/mol. The zero-order valence-electron chi connectivity index (χ0n) is 22.0. The third-order valence-electron chi connectivity index (χ3n) is 6.29. The molecule has 194 valence electrons. The number of ether oxygens (including phenoxy) is 3. The van der Waals surface area contributed by atoms with Crippen LogP contribution in [0.5, 0.6) is 5.75 Å². The fraction of sp³-hybridized carbons (Fsp3) is 0.500. The van der Waals surface area contributed by atoms with Gasteiger partial charge in [0.25, 0.3) is 0 Å². The van der Waals surface area contributed by atoms with Crippen molar-refractivity contribution < 1.29 is 19.0 Å². The van der Waals surface area contributed by atoms with Gasteiger partial charge in [0.15, 0.2) is 0 Å². The first-order valence-corrected chi connectivity index (χ1v) is 16.1. The summed E-state index contributed by atoms with van der Waals surface area (Å²) in [5.41, 5.74) is 2.75. The minimum Gasteiger partial charge on any atom is -0.491 e. The number of nitrogens with zero attached hydrogens (tertiary/aromatic N) is 5. The highest BCUT2D eigenvalue weighted by atomic mass is 28.3. The summed E-state index contributed by atoms with van der Waals surface area (Å²) in [4.78, 5) is 20.6. The van der Waals surface area contributed by atoms with Crippen LogP contribution in [0.2, 0.25) is 25.7 Å². The molecule has 1 amide bonds. The molecule has 0 aliphatic carbocycles. The Balaban J connectivity index is 1.64. The van der Waals surface area contributed by atoms with Crippen LogP contribution in [0.25, 0.3) is 22.2 Å². The zero-order chi connectivity index (χ0) is 25.7. The molecule has 3 aromatic rings. The normalized spacial score (nSPS) is 14.6. The van der Waals surface area contributed by atoms with E-state index in [1.165, 1.54) is 0 Å². The van der Waals surface area contributed by atoms with Crippen LogP contribution in [-0.4, -0.2) is 87.3 Å². The maximum atomic E-state index is 12.3. The largest absolute Gasteiger partial charge is 0.491 e. The van der Waals surface area contributed by atoms with Crippen molar-refractivity contribution in [3.8, 4) is 17.0 Å². The number of hydrogen-bond donors (Lipinski definition) is 0. The summed E-state index contributed by atoms with van der Waals surface area (Å²) in [5.74, 6) is 1.63. The third-order valence-corrected chi connectivity index (χ3v) is 7.99. The van der Waals surface area contributed by atoms with Gasteiger partial charge in [-0.3, -0.25) is 4.79 Å². The second-order valence-electron chi connectivity index (χ2n) is 10.4. The number of carbonyl (C=O) groups excluding carboxylic acids is 1. The van der Waals surface area contributed by atoms with E-state index in [0.29, 0.717) is 33.0 Å². The van der Waals surface area contributed by atoms with Crippen molar-refractivity contribution in [2.24, 2.45) is 0 Å². The first-order chi connectivity index (χ1) is 17.2. The van der Waals surface area contributed by atoms with Gasteiger partial charge in [0.1, 0.15) is 30.6 Å². The number of piperazine rings is 1. The quantitative estimate of drug-likeness (QED) is 0.287. The van der Waals surface area contributed by atoms with E-state index >= 15 is 0 Å². The third kappa shape index (κ3) is 6.43. The molecule has 0 bridgehead atoms. The molecule has 1 aliphatic heterocycles. The van der Waals surface area contributed by atoms with Gasteiger partial charge in [0, 0.05) is 59.1 Å². The van der Waals surface area contributed by atoms with Gasteiger partial charge in [0.05, 0.1) is 18.7 Å². The molecule has 0 spiro atoms. The Morgan fingerprint density at radius 1 is 1.06 bits per heavy atom. The highest BCUT2D eigenvalue weighted by Crippen LogP contribution is 2.32. The summed E-state index contributed by atoms with van der Waals surface area (Å²) in [6, 6.07) is 11.1. The van der Waals surface area contributed by atoms with Crippen molar-refractivity contribution in [3.05, 3.63) is 36.5 Å². The van der Waals surface area contributed by atoms with Crippen LogP contribution in [0.3, 0.4) is 0 Å². The van der Waals surface area contributed by atoms with Crippen LogP contribution in [-0.2, 0) is 21.0 Å². The fourth-order valence-corrected chi connectivity index (χ4v) is 4.78. The van der Waals surface area contributed by atoms with Crippen molar-refractivity contribution >= 4 is 30.7 Å². The number of methoxy groups -OCH3 is 1. The lowest BCUT2D eigenvalue weighted by Gasteiger charge is -2.32. The Morgan fingerprint density at radius 3 is 2.64 bits per heavy atom. The average Bonchev–Trinajstić information content (AvgIpc) is 3.21. The standard InChI is InChI=1S/C26H37N5O4Si/c1-29-10-11-30(18-25(29)32)24-16-20(8-9-27-24)26-22-17-21(35-13-12-33-2)6-7-23(22)31(28-26)19-34-14-15-36(3,4)5/h6-9,16-17H,10-15,18-19H2,1-5H3. The summed E-state index contributed by atoms with van der Waals surface area (Å²) < 4.78 is 18.9. The topological polar surface area (TPSA) is 82.0 Å². The van der Waals surface area contributed by atoms with E-state index in [-0.39, 0.29) is 5.91 Å². The first-order valence-electron chi connectivity index (χ1n) is 12.4. The number of anilines is 1. The van der Waals surface area contributed by atoms with Gasteiger partial charge < -0.3 is 24.0 Å². The number of fused-ring (bicyclic) bond motifs is 1. The van der Waals surface area contributed by atoms with Crippen LogP contribution in [0, 0.1) is 0 Å². The van der Waals surface area contributed by atoms with E-state index in [9.17, 15) is 4.79 Å². The summed E-state index contributed by atoms with van der Waals surface area (Å²) in [5, 5.41) is 5.92. The molecule has 1 saturated heterocycles. The molecule has 3 heterocycles. The molecular formula is C26H37N5O4Si. The van der Waals surface area contributed by atoms with E-state index in [0.717, 1.165) is 52.9 Å². The lowest BCUT2D eigenvalue weighted by atomic mass is 10.1. The summed E-state index contributed by atoms with van der Waals surface area (Å²) in [6.07, 6.45) is 1.78. The highest BCUT2D eigenvalue weighted by Gasteiger charge is 2.23. The Hall–Kier alpha value is -2.95. The number of amides is 1. The average molecular weight is 512 g/mol. The molecule has 4 rings (SSSR count). The second kappa shape index (κ2) is 11.4. The fourth-order valence-electron chi connectivity index (χ4n) is 4.02. The second-order valence-corrected chi connectivity index (χ2v) is 16.0. The number of benzene rings is 1. The van der Waals surface area contributed by atoms with Gasteiger partial charge in [-0.05, 0) is 36.4 Å². The smallest absolute Gasteiger partial charge is 0.241 e. The SMILES string of the molecule is COCCOc1ccc2c(c1)c(-c1ccnc(N3CCN(C)C(=O)C3)c1)nn2COCC[Si](C)(C)C. The summed E-state index contributed by atoms with van der Waals surface area (Å²) in [6.45, 7) is 10.9. The predicted octanol–water partition coefficient (Wildman–Crippen LogP) is 3.71. The van der Waals surface area contributed by atoms with Crippen LogP contribution < -0.4 is 9.64 Å². The van der Waals surface area contributed by atoms with Gasteiger partial charge in [-0.1, -0.05) is 19.6 Å². The van der Waals surface area contributed by atoms with Crippen molar-refractivity contribution in [1.29, 1.82) is 0 Å². The number of aromatic nitrogens is 3. The summed E-state index contributed by atoms with van der Waals surface area (Å²) in [7, 11) is 2.32. The number of rotatable bonds is 11. The number of likely N-dealkylation sites (N-methyl/N-ethyl adjacent to an activating group) is 1. The zero-order valence-corrected chi connectivity index (χ0v) is 23.0. The Labute approximate surface area is 214 Å². The van der Waals surface area contributed by atoms with E-state index < -0.39 is 8.07 Å². The molecule has 36 heavy (non-hydrogen) atoms. The Morgan fingerprint density at radius 2 is 1.89 bits per heavy atom. The van der Waals surface area contributed by atoms with Gasteiger partial charge in [0.2, 0.25) is 5.91 Å². The number of pyridine rings is 1. The van der Waals surface area contributed by atoms with E-state index in [2.05, 4.69) is 24.6 Å². The van der Waals surface area contributed by atoms with E-state index in [1.807, 2.05) is 47.0 Å². The van der Waals surface area contributed by atoms with E-state index in [1.54, 1.807) is 18.2 Å². The maximum absolute atomic E-state index is 12.3. The van der Waals surface area contributed by atoms with E-state index in [4.69, 9.17) is 19.3 Å². The van der Waals surface area contributed by atoms with Crippen LogP contribution in [0.1, 0.15) is 0 Å². The van der Waals surface area contributed by atoms with Crippen molar-refractivity contribution in [2.45, 2.75) is 32.4 Å². The van der Waals surface area contributed by atoms with Crippen LogP contribution >= 0.6 is 0 Å². The lowest BCUT2D eigenvalue weighted by molar-refractivity contribution is -0.129. The Kier molecular flexibility index (Phi) is 8.27. The van der Waals surface area contributed by atoms with Gasteiger partial charge in [-0.2, -0.15) is 5.10 Å². The molecule has 0 atom stereocenters. The van der Waals surface area contributed by atoms with Gasteiger partial charge in [-0.25, -0.2) is 9.67 Å². The number of hydrogen-bond acceptors (Lipinski definition) is 7. The number of carbonyl (C=O) groups is 1. The molecule has 0 radical (unpaired) electrons. The monoisotopic (exact) mass is 511 g/mol. The molecule has 2 aromatic heterocycles. The molecule has 0 N–H and O–H groups in total. The minimum absolute atomic E-state index is 0.0940. The van der Waals surface area contributed by atoms with Crippen molar-refractivity contribution in [2.75, 3.05) is 58.5 Å². The molecule has 9 nitrogen and oxygen atoms in total. The molecule has 1 fully saturated rings. The molecule has 10 heteroatoms. The molecule has 1 aliphatic rings. The molecule has 0 saturated carbocycles. The predicted molar refractivity (Wildman–Crippen MR) is 144 cm³/mol. The summed E-state index contributed by atoms with van der Waals surface area (Å²) >= 11 is 0. The lowest BCUT2D eigenvalue weighted by Crippen LogP contribution is -2.48. The Bertz CT molecular complexity index is 1190. The molecule has 1 aromatic carbocycles. The van der Waals surface area contributed by atoms with Crippen molar-refractivity contribution in [1.82, 2.24) is 19.7 Å². The van der Waals surface area contributed by atoms with Gasteiger partial charge >= 0.3 is 0 Å². The van der Waals surface area contributed by atoms with Crippen molar-refractivity contribution in [3.63, 3.8) is 0 Å². The first kappa shape index (κ1) is 26.1.